The zero-order valence-electron chi connectivity index (χ0n) is 23.5. The minimum absolute atomic E-state index is 0.0692. The maximum Gasteiger partial charge on any atom is 0.317 e. The Hall–Kier alpha value is -3.32. The van der Waals surface area contributed by atoms with E-state index in [1.165, 1.54) is 29.6 Å². The summed E-state index contributed by atoms with van der Waals surface area (Å²) in [5, 5.41) is 12.8. The van der Waals surface area contributed by atoms with Crippen molar-refractivity contribution in [2.75, 3.05) is 31.5 Å². The fourth-order valence-electron chi connectivity index (χ4n) is 5.15. The van der Waals surface area contributed by atoms with Crippen LogP contribution < -0.4 is 14.8 Å². The number of urea groups is 1. The lowest BCUT2D eigenvalue weighted by Gasteiger charge is -2.38. The summed E-state index contributed by atoms with van der Waals surface area (Å²) in [4.78, 5) is 33.8. The standard InChI is InChI=1S/C27H40N6O6S/c1-18-13-33(19(2)16-34)26(35)21-11-8-12-22(30-40(37,38)24-15-31(3)17-28-24)25(21)39-23(18)14-32(4)27(36)29-20-9-6-5-7-10-20/h8,11-12,15,17-20,23,30,34H,5-7,9-10,13-14,16H2,1-4H3,(H,29,36)/t18-,19+,23-/m1/s1. The van der Waals surface area contributed by atoms with Crippen molar-refractivity contribution in [1.82, 2.24) is 24.7 Å². The van der Waals surface area contributed by atoms with Crippen LogP contribution in [0.3, 0.4) is 0 Å². The number of aliphatic hydroxyl groups is 1. The summed E-state index contributed by atoms with van der Waals surface area (Å²) in [6.07, 6.45) is 7.46. The molecule has 0 unspecified atom stereocenters. The Balaban J connectivity index is 1.66. The van der Waals surface area contributed by atoms with Gasteiger partial charge in [0.1, 0.15) is 6.10 Å². The molecule has 13 heteroatoms. The first kappa shape index (κ1) is 29.7. The third kappa shape index (κ3) is 6.69. The van der Waals surface area contributed by atoms with Crippen LogP contribution in [0.2, 0.25) is 0 Å². The Morgan fingerprint density at radius 3 is 2.65 bits per heavy atom. The summed E-state index contributed by atoms with van der Waals surface area (Å²) < 4.78 is 36.7. The maximum absolute atomic E-state index is 13.7. The van der Waals surface area contributed by atoms with E-state index in [2.05, 4.69) is 15.0 Å². The number of nitrogens with zero attached hydrogens (tertiary/aromatic N) is 4. The number of benzene rings is 1. The predicted octanol–water partition coefficient (Wildman–Crippen LogP) is 2.42. The van der Waals surface area contributed by atoms with Crippen LogP contribution in [0.5, 0.6) is 5.75 Å². The second-order valence-electron chi connectivity index (χ2n) is 11.0. The van der Waals surface area contributed by atoms with Crippen LogP contribution in [0.4, 0.5) is 10.5 Å². The van der Waals surface area contributed by atoms with Gasteiger partial charge in [-0.25, -0.2) is 9.78 Å². The number of carbonyl (C=O) groups is 2. The van der Waals surface area contributed by atoms with Crippen LogP contribution in [-0.2, 0) is 17.1 Å². The van der Waals surface area contributed by atoms with E-state index in [9.17, 15) is 23.1 Å². The van der Waals surface area contributed by atoms with E-state index < -0.39 is 22.2 Å². The van der Waals surface area contributed by atoms with Crippen LogP contribution in [0.15, 0.2) is 35.7 Å². The summed E-state index contributed by atoms with van der Waals surface area (Å²) in [6.45, 7) is 3.91. The molecule has 1 saturated carbocycles. The van der Waals surface area contributed by atoms with E-state index in [4.69, 9.17) is 4.74 Å². The summed E-state index contributed by atoms with van der Waals surface area (Å²) >= 11 is 0. The van der Waals surface area contributed by atoms with Crippen molar-refractivity contribution in [2.24, 2.45) is 13.0 Å². The quantitative estimate of drug-likeness (QED) is 0.437. The van der Waals surface area contributed by atoms with Gasteiger partial charge in [0.15, 0.2) is 10.8 Å². The van der Waals surface area contributed by atoms with E-state index in [-0.39, 0.29) is 65.6 Å². The highest BCUT2D eigenvalue weighted by Crippen LogP contribution is 2.36. The van der Waals surface area contributed by atoms with Gasteiger partial charge in [0, 0.05) is 38.8 Å². The zero-order valence-corrected chi connectivity index (χ0v) is 24.4. The first-order valence-corrected chi connectivity index (χ1v) is 15.2. The van der Waals surface area contributed by atoms with Gasteiger partial charge in [-0.15, -0.1) is 0 Å². The number of aliphatic hydroxyl groups excluding tert-OH is 1. The van der Waals surface area contributed by atoms with Gasteiger partial charge >= 0.3 is 6.03 Å². The number of ether oxygens (including phenoxy) is 1. The van der Waals surface area contributed by atoms with Gasteiger partial charge in [0.2, 0.25) is 0 Å². The number of amides is 3. The highest BCUT2D eigenvalue weighted by molar-refractivity contribution is 7.92. The lowest BCUT2D eigenvalue weighted by Crippen LogP contribution is -2.52. The molecule has 2 heterocycles. The number of hydrogen-bond donors (Lipinski definition) is 3. The normalized spacial score (nSPS) is 21.0. The summed E-state index contributed by atoms with van der Waals surface area (Å²) in [7, 11) is -0.725. The molecule has 220 valence electrons. The van der Waals surface area contributed by atoms with E-state index in [0.717, 1.165) is 25.7 Å². The number of likely N-dealkylation sites (N-methyl/N-ethyl adjacent to an activating group) is 1. The van der Waals surface area contributed by atoms with Gasteiger partial charge in [0.05, 0.1) is 36.8 Å². The molecule has 4 rings (SSSR count). The average molecular weight is 577 g/mol. The molecule has 1 aliphatic heterocycles. The fourth-order valence-corrected chi connectivity index (χ4v) is 6.20. The van der Waals surface area contributed by atoms with Crippen LogP contribution in [-0.4, -0.2) is 89.7 Å². The molecular formula is C27H40N6O6S. The van der Waals surface area contributed by atoms with Crippen LogP contribution in [0.25, 0.3) is 0 Å². The molecule has 0 spiro atoms. The van der Waals surface area contributed by atoms with Crippen molar-refractivity contribution in [2.45, 2.75) is 69.2 Å². The molecule has 12 nitrogen and oxygen atoms in total. The highest BCUT2D eigenvalue weighted by Gasteiger charge is 2.36. The van der Waals surface area contributed by atoms with Crippen molar-refractivity contribution in [1.29, 1.82) is 0 Å². The second-order valence-corrected chi connectivity index (χ2v) is 12.6. The molecule has 3 N–H and O–H groups in total. The van der Waals surface area contributed by atoms with Crippen molar-refractivity contribution in [3.05, 3.63) is 36.3 Å². The lowest BCUT2D eigenvalue weighted by atomic mass is 9.96. The van der Waals surface area contributed by atoms with Crippen molar-refractivity contribution in [3.8, 4) is 5.75 Å². The van der Waals surface area contributed by atoms with Gasteiger partial charge in [0.25, 0.3) is 15.9 Å². The molecule has 2 aliphatic rings. The van der Waals surface area contributed by atoms with E-state index in [1.54, 1.807) is 43.0 Å². The van der Waals surface area contributed by atoms with Crippen molar-refractivity contribution in [3.63, 3.8) is 0 Å². The summed E-state index contributed by atoms with van der Waals surface area (Å²) in [5.74, 6) is -0.569. The monoisotopic (exact) mass is 576 g/mol. The number of aryl methyl sites for hydroxylation is 1. The number of para-hydroxylation sites is 1. The third-order valence-corrected chi connectivity index (χ3v) is 8.88. The van der Waals surface area contributed by atoms with Gasteiger partial charge in [-0.1, -0.05) is 32.3 Å². The Morgan fingerprint density at radius 1 is 1.27 bits per heavy atom. The topological polar surface area (TPSA) is 146 Å². The summed E-state index contributed by atoms with van der Waals surface area (Å²) in [5.41, 5.74) is 0.245. The Kier molecular flexibility index (Phi) is 9.24. The van der Waals surface area contributed by atoms with Gasteiger partial charge in [-0.3, -0.25) is 9.52 Å². The number of aromatic nitrogens is 2. The number of imidazole rings is 1. The van der Waals surface area contributed by atoms with Gasteiger partial charge in [-0.2, -0.15) is 8.42 Å². The Morgan fingerprint density at radius 2 is 2.00 bits per heavy atom. The molecule has 2 aromatic rings. The van der Waals surface area contributed by atoms with E-state index in [1.807, 2.05) is 6.92 Å². The fraction of sp³-hybridized carbons (Fsp3) is 0.593. The molecule has 3 amide bonds. The van der Waals surface area contributed by atoms with Crippen LogP contribution in [0.1, 0.15) is 56.3 Å². The number of nitrogens with one attached hydrogen (secondary N) is 2. The molecular weight excluding hydrogens is 536 g/mol. The van der Waals surface area contributed by atoms with E-state index >= 15 is 0 Å². The lowest BCUT2D eigenvalue weighted by molar-refractivity contribution is 0.0368. The average Bonchev–Trinajstić information content (AvgIpc) is 3.38. The number of hydrogen-bond acceptors (Lipinski definition) is 7. The van der Waals surface area contributed by atoms with Gasteiger partial charge in [-0.05, 0) is 31.9 Å². The molecule has 1 aromatic carbocycles. The largest absolute Gasteiger partial charge is 0.485 e. The second kappa shape index (κ2) is 12.5. The zero-order chi connectivity index (χ0) is 29.0. The number of anilines is 1. The molecule has 1 fully saturated rings. The van der Waals surface area contributed by atoms with Crippen molar-refractivity contribution >= 4 is 27.6 Å². The SMILES string of the molecule is C[C@@H]1CN([C@@H](C)CO)C(=O)c2cccc(NS(=O)(=O)c3cn(C)cn3)c2O[C@@H]1CN(C)C(=O)NC1CCCCC1. The molecule has 0 radical (unpaired) electrons. The number of rotatable bonds is 8. The number of fused-ring (bicyclic) bond motifs is 1. The van der Waals surface area contributed by atoms with Crippen molar-refractivity contribution < 1.29 is 27.9 Å². The molecule has 1 aromatic heterocycles. The minimum atomic E-state index is -4.08. The van der Waals surface area contributed by atoms with Crippen LogP contribution in [0, 0.1) is 5.92 Å². The summed E-state index contributed by atoms with van der Waals surface area (Å²) in [6, 6.07) is 4.12. The maximum atomic E-state index is 13.7. The Labute approximate surface area is 235 Å². The highest BCUT2D eigenvalue weighted by atomic mass is 32.2. The van der Waals surface area contributed by atoms with E-state index in [0.29, 0.717) is 0 Å². The van der Waals surface area contributed by atoms with Crippen LogP contribution >= 0.6 is 0 Å². The smallest absolute Gasteiger partial charge is 0.317 e. The third-order valence-electron chi connectivity index (χ3n) is 7.63. The predicted molar refractivity (Wildman–Crippen MR) is 150 cm³/mol. The number of sulfonamides is 1. The molecule has 1 aliphatic carbocycles. The minimum Gasteiger partial charge on any atom is -0.485 e. The number of carbonyl (C=O) groups excluding carboxylic acids is 2. The molecule has 0 bridgehead atoms. The first-order chi connectivity index (χ1) is 19.0. The van der Waals surface area contributed by atoms with Gasteiger partial charge < -0.3 is 29.5 Å². The Bertz CT molecular complexity index is 1310. The first-order valence-electron chi connectivity index (χ1n) is 13.7. The molecule has 40 heavy (non-hydrogen) atoms. The molecule has 3 atom stereocenters. The molecule has 0 saturated heterocycles.